The maximum Gasteiger partial charge on any atom is 0.342 e. The number of ketones is 2. The third-order valence-electron chi connectivity index (χ3n) is 12.2. The Morgan fingerprint density at radius 3 is 2.51 bits per heavy atom. The van der Waals surface area contributed by atoms with Crippen LogP contribution in [0.1, 0.15) is 46.5 Å². The smallest absolute Gasteiger partial charge is 0.342 e. The van der Waals surface area contributed by atoms with Crippen molar-refractivity contribution < 1.29 is 53.4 Å². The predicted molar refractivity (Wildman–Crippen MR) is 125 cm³/mol. The highest BCUT2D eigenvalue weighted by Gasteiger charge is 2.95. The van der Waals surface area contributed by atoms with Crippen LogP contribution in [-0.2, 0) is 38.1 Å². The summed E-state index contributed by atoms with van der Waals surface area (Å²) in [4.78, 5) is 55.5. The van der Waals surface area contributed by atoms with Gasteiger partial charge in [-0.1, -0.05) is 24.6 Å². The second kappa shape index (κ2) is 6.38. The molecule has 11 nitrogen and oxygen atoms in total. The minimum Gasteiger partial charge on any atom is -0.456 e. The van der Waals surface area contributed by atoms with Crippen molar-refractivity contribution in [2.24, 2.45) is 28.6 Å². The van der Waals surface area contributed by atoms with Gasteiger partial charge in [-0.3, -0.25) is 9.59 Å². The largest absolute Gasteiger partial charge is 0.456 e. The number of hydrogen-bond acceptors (Lipinski definition) is 11. The Labute approximate surface area is 223 Å². The van der Waals surface area contributed by atoms with Crippen molar-refractivity contribution in [1.29, 1.82) is 0 Å². The van der Waals surface area contributed by atoms with E-state index in [0.29, 0.717) is 12.0 Å². The van der Waals surface area contributed by atoms with E-state index in [1.54, 1.807) is 26.0 Å². The van der Waals surface area contributed by atoms with E-state index < -0.39 is 93.3 Å². The van der Waals surface area contributed by atoms with Crippen molar-refractivity contribution in [2.75, 3.05) is 6.61 Å². The Bertz CT molecular complexity index is 1380. The zero-order valence-electron chi connectivity index (χ0n) is 21.8. The molecule has 5 aliphatic heterocycles. The van der Waals surface area contributed by atoms with E-state index in [1.165, 1.54) is 13.0 Å². The summed E-state index contributed by atoms with van der Waals surface area (Å²) >= 11 is 0. The number of carbonyl (C=O) groups excluding carboxylic acids is 4. The molecule has 2 spiro atoms. The third kappa shape index (κ3) is 2.06. The molecule has 11 heteroatoms. The van der Waals surface area contributed by atoms with Gasteiger partial charge >= 0.3 is 11.9 Å². The van der Waals surface area contributed by atoms with Crippen molar-refractivity contribution in [3.8, 4) is 0 Å². The summed E-state index contributed by atoms with van der Waals surface area (Å²) in [5, 5.41) is 35.9. The highest BCUT2D eigenvalue weighted by molar-refractivity contribution is 6.01. The third-order valence-corrected chi connectivity index (χ3v) is 12.2. The lowest BCUT2D eigenvalue weighted by molar-refractivity contribution is -0.393. The molecule has 6 fully saturated rings. The number of Topliss-reactive ketones (excluding diaryl/α,β-unsaturated/α-hetero) is 1. The number of ether oxygens (including phenoxy) is 4. The Morgan fingerprint density at radius 2 is 1.77 bits per heavy atom. The zero-order valence-corrected chi connectivity index (χ0v) is 21.8. The maximum absolute atomic E-state index is 14.9. The van der Waals surface area contributed by atoms with Crippen molar-refractivity contribution in [3.63, 3.8) is 0 Å². The van der Waals surface area contributed by atoms with Crippen LogP contribution in [-0.4, -0.2) is 85.8 Å². The monoisotopic (exact) mass is 542 g/mol. The number of fused-ring (bicyclic) bond motifs is 5. The Hall–Kier alpha value is -2.44. The van der Waals surface area contributed by atoms with Crippen LogP contribution in [0.4, 0.5) is 0 Å². The van der Waals surface area contributed by atoms with Crippen LogP contribution in [0.2, 0.25) is 0 Å². The Balaban J connectivity index is 1.46. The Kier molecular flexibility index (Phi) is 3.99. The molecule has 1 saturated carbocycles. The van der Waals surface area contributed by atoms with Gasteiger partial charge in [-0.05, 0) is 51.5 Å². The van der Waals surface area contributed by atoms with Crippen LogP contribution in [0, 0.1) is 28.6 Å². The average molecular weight is 543 g/mol. The summed E-state index contributed by atoms with van der Waals surface area (Å²) in [5.41, 5.74) is -10.6. The highest BCUT2D eigenvalue weighted by Crippen LogP contribution is 2.75. The molecular weight excluding hydrogens is 512 g/mol. The number of aliphatic hydroxyl groups excluding tert-OH is 1. The van der Waals surface area contributed by atoms with Crippen LogP contribution in [0.5, 0.6) is 0 Å². The molecule has 12 atom stereocenters. The number of hydrogen-bond donors (Lipinski definition) is 3. The molecule has 3 aliphatic carbocycles. The van der Waals surface area contributed by atoms with Crippen molar-refractivity contribution in [3.05, 3.63) is 23.8 Å². The van der Waals surface area contributed by atoms with E-state index >= 15 is 0 Å². The van der Waals surface area contributed by atoms with Gasteiger partial charge in [0.1, 0.15) is 6.10 Å². The molecule has 208 valence electrons. The average Bonchev–Trinajstić information content (AvgIpc) is 3.21. The van der Waals surface area contributed by atoms with Gasteiger partial charge in [-0.2, -0.15) is 0 Å². The molecule has 5 heterocycles. The van der Waals surface area contributed by atoms with Crippen LogP contribution in [0.25, 0.3) is 0 Å². The molecule has 3 N–H and O–H groups in total. The molecule has 0 amide bonds. The van der Waals surface area contributed by atoms with E-state index in [1.807, 2.05) is 0 Å². The maximum atomic E-state index is 14.9. The minimum absolute atomic E-state index is 0.0439. The number of allylic oxidation sites excluding steroid dienone is 3. The predicted octanol–water partition coefficient (Wildman–Crippen LogP) is -0.357. The molecule has 0 aromatic heterocycles. The molecule has 5 saturated heterocycles. The molecular formula is C28H30O11. The summed E-state index contributed by atoms with van der Waals surface area (Å²) < 4.78 is 24.5. The van der Waals surface area contributed by atoms with Gasteiger partial charge in [0.15, 0.2) is 34.0 Å². The molecule has 0 aromatic rings. The van der Waals surface area contributed by atoms with E-state index in [4.69, 9.17) is 18.9 Å². The SMILES string of the molecule is C[C@]12C(=O)C=CCC1=C[C@@H](O)[C@@H]1[C@H]2CC[C@@]2(O)C(=O)O[C@@]3(C)[C@H]4C[C@@]5(C)[C@@H]6C(=O)[C@]1(OC[C@]5(O)C(=O)O4)O[C@]623. The van der Waals surface area contributed by atoms with Crippen molar-refractivity contribution in [1.82, 2.24) is 0 Å². The fourth-order valence-electron chi connectivity index (χ4n) is 10.0. The lowest BCUT2D eigenvalue weighted by atomic mass is 9.45. The first kappa shape index (κ1) is 24.4. The van der Waals surface area contributed by atoms with Crippen LogP contribution >= 0.6 is 0 Å². The first-order chi connectivity index (χ1) is 18.2. The number of rotatable bonds is 0. The molecule has 0 radical (unpaired) electrons. The quantitative estimate of drug-likeness (QED) is 0.270. The summed E-state index contributed by atoms with van der Waals surface area (Å²) in [6, 6.07) is 0. The van der Waals surface area contributed by atoms with E-state index in [9.17, 15) is 34.5 Å². The fraction of sp³-hybridized carbons (Fsp3) is 0.714. The van der Waals surface area contributed by atoms with Crippen molar-refractivity contribution in [2.45, 2.75) is 86.9 Å². The molecule has 0 unspecified atom stereocenters. The normalized spacial score (nSPS) is 59.9. The molecule has 0 aromatic carbocycles. The lowest BCUT2D eigenvalue weighted by Crippen LogP contribution is -2.82. The van der Waals surface area contributed by atoms with Gasteiger partial charge in [0, 0.05) is 5.41 Å². The lowest BCUT2D eigenvalue weighted by Gasteiger charge is -2.64. The van der Waals surface area contributed by atoms with Gasteiger partial charge in [-0.15, -0.1) is 0 Å². The zero-order chi connectivity index (χ0) is 27.8. The van der Waals surface area contributed by atoms with Gasteiger partial charge in [0.05, 0.1) is 30.0 Å². The second-order valence-electron chi connectivity index (χ2n) is 13.4. The Morgan fingerprint density at radius 1 is 1.03 bits per heavy atom. The number of carbonyl (C=O) groups is 4. The topological polar surface area (TPSA) is 166 Å². The van der Waals surface area contributed by atoms with Gasteiger partial charge in [0.25, 0.3) is 0 Å². The van der Waals surface area contributed by atoms with E-state index in [-0.39, 0.29) is 25.0 Å². The number of esters is 2. The molecule has 8 rings (SSSR count). The van der Waals surface area contributed by atoms with Crippen molar-refractivity contribution >= 4 is 23.5 Å². The summed E-state index contributed by atoms with van der Waals surface area (Å²) in [6.45, 7) is 4.11. The fourth-order valence-corrected chi connectivity index (χ4v) is 10.0. The van der Waals surface area contributed by atoms with Gasteiger partial charge in [-0.25, -0.2) is 9.59 Å². The highest BCUT2D eigenvalue weighted by atomic mass is 16.8. The summed E-state index contributed by atoms with van der Waals surface area (Å²) in [7, 11) is 0. The van der Waals surface area contributed by atoms with Crippen LogP contribution in [0.3, 0.4) is 0 Å². The van der Waals surface area contributed by atoms with Gasteiger partial charge < -0.3 is 34.3 Å². The van der Waals surface area contributed by atoms with Crippen LogP contribution in [0.15, 0.2) is 23.8 Å². The molecule has 39 heavy (non-hydrogen) atoms. The van der Waals surface area contributed by atoms with Gasteiger partial charge in [0.2, 0.25) is 5.79 Å². The van der Waals surface area contributed by atoms with E-state index in [0.717, 1.165) is 0 Å². The summed E-state index contributed by atoms with van der Waals surface area (Å²) in [5.74, 6) is -8.61. The van der Waals surface area contributed by atoms with E-state index in [2.05, 4.69) is 0 Å². The first-order valence-corrected chi connectivity index (χ1v) is 13.6. The molecule has 8 aliphatic rings. The first-order valence-electron chi connectivity index (χ1n) is 13.6. The molecule has 5 bridgehead atoms. The van der Waals surface area contributed by atoms with Crippen LogP contribution < -0.4 is 0 Å². The summed E-state index contributed by atoms with van der Waals surface area (Å²) in [6.07, 6.45) is 2.53. The minimum atomic E-state index is -2.39. The second-order valence-corrected chi connectivity index (χ2v) is 13.4. The standard InChI is InChI=1S/C28H30O11/c1-22-10-16-24(3)28-18(22)19(31)27(39-28,36-11-26(22,35)20(32)37-16)17-13(7-8-25(28,34)21(33)38-24)23(2)12(9-14(17)29)5-4-6-15(23)30/h4,6,9,13-14,16-18,29,34-35H,5,7-8,10-11H2,1-3H3/t13-,14-,16-,17+,18+,22+,23+,24+,25-,26+,27-,28+/m1/s1. The number of aliphatic hydroxyl groups is 3.